The van der Waals surface area contributed by atoms with E-state index in [1.54, 1.807) is 12.1 Å². The number of carbonyl (C=O) groups is 1. The Morgan fingerprint density at radius 2 is 2.04 bits per heavy atom. The Kier molecular flexibility index (Phi) is 6.85. The van der Waals surface area contributed by atoms with E-state index in [1.165, 1.54) is 0 Å². The summed E-state index contributed by atoms with van der Waals surface area (Å²) in [6.45, 7) is 4.54. The van der Waals surface area contributed by atoms with Gasteiger partial charge in [-0.3, -0.25) is 9.69 Å². The summed E-state index contributed by atoms with van der Waals surface area (Å²) in [4.78, 5) is 12.8. The lowest BCUT2D eigenvalue weighted by atomic mass is 9.86. The monoisotopic (exact) mass is 388 g/mol. The van der Waals surface area contributed by atoms with Gasteiger partial charge in [0.2, 0.25) is 10.0 Å². The number of carboxylic acid groups (broad SMARTS) is 1. The molecule has 25 heavy (non-hydrogen) atoms. The summed E-state index contributed by atoms with van der Waals surface area (Å²) < 4.78 is 28.0. The molecule has 0 atom stereocenters. The van der Waals surface area contributed by atoms with Crippen LogP contribution in [0.5, 0.6) is 0 Å². The van der Waals surface area contributed by atoms with E-state index in [4.69, 9.17) is 16.7 Å². The molecule has 2 N–H and O–H groups in total. The zero-order valence-corrected chi connectivity index (χ0v) is 16.1. The lowest BCUT2D eigenvalue weighted by Crippen LogP contribution is -2.54. The van der Waals surface area contributed by atoms with Crippen molar-refractivity contribution >= 4 is 27.6 Å². The number of aliphatic carboxylic acids is 1. The highest BCUT2D eigenvalue weighted by molar-refractivity contribution is 7.89. The third-order valence-electron chi connectivity index (χ3n) is 4.52. The molecule has 0 spiro atoms. The largest absolute Gasteiger partial charge is 0.480 e. The van der Waals surface area contributed by atoms with E-state index in [-0.39, 0.29) is 28.5 Å². The lowest BCUT2D eigenvalue weighted by molar-refractivity contribution is -0.139. The minimum atomic E-state index is -3.69. The molecule has 8 heteroatoms. The van der Waals surface area contributed by atoms with Crippen LogP contribution >= 0.6 is 11.6 Å². The van der Waals surface area contributed by atoms with Crippen molar-refractivity contribution in [1.29, 1.82) is 0 Å². The Labute approximate surface area is 154 Å². The van der Waals surface area contributed by atoms with Crippen LogP contribution in [-0.4, -0.2) is 49.6 Å². The molecular weight excluding hydrogens is 364 g/mol. The summed E-state index contributed by atoms with van der Waals surface area (Å²) in [5.41, 5.74) is 0.942. The van der Waals surface area contributed by atoms with E-state index in [2.05, 4.69) is 4.72 Å². The maximum Gasteiger partial charge on any atom is 0.317 e. The van der Waals surface area contributed by atoms with Crippen LogP contribution < -0.4 is 4.72 Å². The van der Waals surface area contributed by atoms with Crippen molar-refractivity contribution in [2.45, 2.75) is 56.5 Å². The zero-order valence-electron chi connectivity index (χ0n) is 14.5. The summed E-state index contributed by atoms with van der Waals surface area (Å²) in [6, 6.07) is 5.00. The van der Waals surface area contributed by atoms with Crippen molar-refractivity contribution < 1.29 is 18.3 Å². The second-order valence-electron chi connectivity index (χ2n) is 6.42. The maximum atomic E-state index is 12.6. The highest BCUT2D eigenvalue weighted by atomic mass is 35.5. The molecule has 140 valence electrons. The first kappa shape index (κ1) is 20.2. The fourth-order valence-electron chi connectivity index (χ4n) is 3.14. The van der Waals surface area contributed by atoms with Crippen LogP contribution in [-0.2, 0) is 21.2 Å². The number of carboxylic acids is 1. The second-order valence-corrected chi connectivity index (χ2v) is 8.50. The van der Waals surface area contributed by atoms with E-state index in [1.807, 2.05) is 24.8 Å². The van der Waals surface area contributed by atoms with Gasteiger partial charge in [-0.25, -0.2) is 13.1 Å². The van der Waals surface area contributed by atoms with Crippen LogP contribution in [0.15, 0.2) is 23.1 Å². The fourth-order valence-corrected chi connectivity index (χ4v) is 4.95. The van der Waals surface area contributed by atoms with Gasteiger partial charge in [0.15, 0.2) is 0 Å². The number of hydrogen-bond acceptors (Lipinski definition) is 4. The maximum absolute atomic E-state index is 12.6. The predicted octanol–water partition coefficient (Wildman–Crippen LogP) is 2.51. The highest BCUT2D eigenvalue weighted by Gasteiger charge is 2.36. The average molecular weight is 389 g/mol. The summed E-state index contributed by atoms with van der Waals surface area (Å²) in [6.07, 6.45) is 2.93. The molecule has 1 aliphatic carbocycles. The van der Waals surface area contributed by atoms with Gasteiger partial charge < -0.3 is 5.11 Å². The van der Waals surface area contributed by atoms with Gasteiger partial charge >= 0.3 is 5.97 Å². The first-order valence-electron chi connectivity index (χ1n) is 8.53. The topological polar surface area (TPSA) is 86.7 Å². The van der Waals surface area contributed by atoms with Crippen LogP contribution in [0.25, 0.3) is 0 Å². The number of nitrogens with one attached hydrogen (secondary N) is 1. The number of likely N-dealkylation sites (N-methyl/N-ethyl adjacent to an activating group) is 1. The molecule has 0 aliphatic heterocycles. The molecule has 0 aromatic heterocycles. The van der Waals surface area contributed by atoms with Crippen molar-refractivity contribution in [2.75, 3.05) is 13.1 Å². The van der Waals surface area contributed by atoms with Crippen LogP contribution in [0.4, 0.5) is 0 Å². The number of halogens is 1. The molecule has 0 amide bonds. The Morgan fingerprint density at radius 1 is 1.36 bits per heavy atom. The molecule has 0 bridgehead atoms. The minimum Gasteiger partial charge on any atom is -0.480 e. The third-order valence-corrected chi connectivity index (χ3v) is 6.52. The van der Waals surface area contributed by atoms with E-state index in [0.29, 0.717) is 19.4 Å². The highest BCUT2D eigenvalue weighted by Crippen LogP contribution is 2.29. The predicted molar refractivity (Wildman–Crippen MR) is 97.5 cm³/mol. The summed E-state index contributed by atoms with van der Waals surface area (Å²) in [5, 5.41) is 9.13. The van der Waals surface area contributed by atoms with Crippen molar-refractivity contribution in [3.63, 3.8) is 0 Å². The Bertz CT molecular complexity index is 717. The molecule has 1 fully saturated rings. The van der Waals surface area contributed by atoms with Crippen molar-refractivity contribution in [3.8, 4) is 0 Å². The minimum absolute atomic E-state index is 0.0223. The molecular formula is C17H25ClN2O4S. The van der Waals surface area contributed by atoms with Crippen molar-refractivity contribution in [3.05, 3.63) is 28.8 Å². The number of aryl methyl sites for hydroxylation is 1. The molecule has 0 unspecified atom stereocenters. The molecule has 1 aromatic carbocycles. The van der Waals surface area contributed by atoms with Gasteiger partial charge in [0, 0.05) is 12.1 Å². The first-order valence-corrected chi connectivity index (χ1v) is 10.4. The number of benzene rings is 1. The van der Waals surface area contributed by atoms with E-state index in [9.17, 15) is 13.2 Å². The molecule has 6 nitrogen and oxygen atoms in total. The Balaban J connectivity index is 2.01. The summed E-state index contributed by atoms with van der Waals surface area (Å²) >= 11 is 6.09. The van der Waals surface area contributed by atoms with E-state index < -0.39 is 16.0 Å². The molecule has 0 heterocycles. The third kappa shape index (κ3) is 5.17. The van der Waals surface area contributed by atoms with Gasteiger partial charge in [-0.15, -0.1) is 0 Å². The van der Waals surface area contributed by atoms with Gasteiger partial charge in [-0.1, -0.05) is 37.9 Å². The number of sulfonamides is 1. The number of nitrogens with zero attached hydrogens (tertiary/aromatic N) is 1. The van der Waals surface area contributed by atoms with Gasteiger partial charge in [0.1, 0.15) is 4.90 Å². The molecule has 0 radical (unpaired) electrons. The second kappa shape index (κ2) is 8.49. The molecule has 1 saturated carbocycles. The SMILES string of the molecule is CCCc1ccc(Cl)c(S(=O)(=O)NC2CC(N(CC)CC(=O)O)C2)c1. The average Bonchev–Trinajstić information content (AvgIpc) is 2.50. The quantitative estimate of drug-likeness (QED) is 0.678. The normalized spacial score (nSPS) is 20.5. The van der Waals surface area contributed by atoms with E-state index >= 15 is 0 Å². The van der Waals surface area contributed by atoms with Gasteiger partial charge in [-0.2, -0.15) is 0 Å². The van der Waals surface area contributed by atoms with Crippen molar-refractivity contribution in [2.24, 2.45) is 0 Å². The van der Waals surface area contributed by atoms with Crippen LogP contribution in [0, 0.1) is 0 Å². The van der Waals surface area contributed by atoms with Gasteiger partial charge in [0.25, 0.3) is 0 Å². The standard InChI is InChI=1S/C17H25ClN2O4S/c1-3-5-12-6-7-15(18)16(8-12)25(23,24)19-13-9-14(10-13)20(4-2)11-17(21)22/h6-8,13-14,19H,3-5,9-11H2,1-2H3,(H,21,22). The molecule has 1 aliphatic rings. The Morgan fingerprint density at radius 3 is 2.60 bits per heavy atom. The lowest BCUT2D eigenvalue weighted by Gasteiger charge is -2.42. The Hall–Kier alpha value is -1.15. The zero-order chi connectivity index (χ0) is 18.6. The summed E-state index contributed by atoms with van der Waals surface area (Å²) in [5.74, 6) is -0.870. The summed E-state index contributed by atoms with van der Waals surface area (Å²) in [7, 11) is -3.69. The van der Waals surface area contributed by atoms with E-state index in [0.717, 1.165) is 18.4 Å². The first-order chi connectivity index (χ1) is 11.8. The van der Waals surface area contributed by atoms with Crippen LogP contribution in [0.1, 0.15) is 38.7 Å². The number of rotatable bonds is 9. The van der Waals surface area contributed by atoms with Crippen LogP contribution in [0.2, 0.25) is 5.02 Å². The molecule has 2 rings (SSSR count). The fraction of sp³-hybridized carbons (Fsp3) is 0.588. The van der Waals surface area contributed by atoms with Gasteiger partial charge in [-0.05, 0) is 43.5 Å². The molecule has 1 aromatic rings. The van der Waals surface area contributed by atoms with Gasteiger partial charge in [0.05, 0.1) is 11.6 Å². The van der Waals surface area contributed by atoms with Crippen LogP contribution in [0.3, 0.4) is 0 Å². The smallest absolute Gasteiger partial charge is 0.317 e. The molecule has 0 saturated heterocycles. The number of hydrogen-bond donors (Lipinski definition) is 2. The van der Waals surface area contributed by atoms with Crippen molar-refractivity contribution in [1.82, 2.24) is 9.62 Å².